The molecule has 4 aromatic rings. The third-order valence-corrected chi connectivity index (χ3v) is 5.55. The second-order valence-electron chi connectivity index (χ2n) is 6.99. The molecule has 0 saturated heterocycles. The number of carbonyl (C=O) groups excluding carboxylic acids is 1. The lowest BCUT2D eigenvalue weighted by atomic mass is 10.0. The van der Waals surface area contributed by atoms with Crippen LogP contribution < -0.4 is 10.1 Å². The number of nitro benzene ring substituents is 1. The van der Waals surface area contributed by atoms with E-state index in [2.05, 4.69) is 15.3 Å². The van der Waals surface area contributed by atoms with Crippen LogP contribution in [0.25, 0.3) is 21.3 Å². The van der Waals surface area contributed by atoms with Crippen LogP contribution in [0.5, 0.6) is 5.88 Å². The molecule has 8 nitrogen and oxygen atoms in total. The minimum Gasteiger partial charge on any atom is -0.467 e. The van der Waals surface area contributed by atoms with Gasteiger partial charge in [-0.15, -0.1) is 11.3 Å². The van der Waals surface area contributed by atoms with Gasteiger partial charge in [-0.05, 0) is 31.0 Å². The van der Waals surface area contributed by atoms with Gasteiger partial charge in [-0.3, -0.25) is 14.9 Å². The predicted octanol–water partition coefficient (Wildman–Crippen LogP) is 4.90. The summed E-state index contributed by atoms with van der Waals surface area (Å²) in [6.07, 6.45) is 1.38. The fourth-order valence-corrected chi connectivity index (χ4v) is 4.03. The molecule has 0 bridgehead atoms. The number of amides is 1. The van der Waals surface area contributed by atoms with Gasteiger partial charge >= 0.3 is 0 Å². The molecule has 0 unspecified atom stereocenters. The van der Waals surface area contributed by atoms with E-state index >= 15 is 0 Å². The lowest BCUT2D eigenvalue weighted by Crippen LogP contribution is -2.21. The smallest absolute Gasteiger partial charge is 0.293 e. The Morgan fingerprint density at radius 2 is 1.87 bits per heavy atom. The van der Waals surface area contributed by atoms with Gasteiger partial charge in [-0.1, -0.05) is 35.9 Å². The highest BCUT2D eigenvalue weighted by molar-refractivity contribution is 7.17. The Kier molecular flexibility index (Phi) is 5.59. The third-order valence-electron chi connectivity index (χ3n) is 4.66. The van der Waals surface area contributed by atoms with Crippen LogP contribution in [-0.2, 0) is 4.79 Å². The Morgan fingerprint density at radius 1 is 1.13 bits per heavy atom. The Morgan fingerprint density at radius 3 is 2.61 bits per heavy atom. The highest BCUT2D eigenvalue weighted by Crippen LogP contribution is 2.37. The van der Waals surface area contributed by atoms with Crippen molar-refractivity contribution in [3.63, 3.8) is 0 Å². The first-order valence-corrected chi connectivity index (χ1v) is 10.3. The molecule has 31 heavy (non-hydrogen) atoms. The molecule has 1 amide bonds. The van der Waals surface area contributed by atoms with Crippen LogP contribution >= 0.6 is 11.3 Å². The molecule has 0 saturated carbocycles. The third kappa shape index (κ3) is 4.36. The molecular formula is C22H18N4O4S. The van der Waals surface area contributed by atoms with Gasteiger partial charge in [0.25, 0.3) is 11.6 Å². The molecule has 0 aliphatic carbocycles. The van der Waals surface area contributed by atoms with Gasteiger partial charge < -0.3 is 10.1 Å². The van der Waals surface area contributed by atoms with Gasteiger partial charge in [-0.2, -0.15) is 0 Å². The van der Waals surface area contributed by atoms with E-state index in [1.165, 1.54) is 29.8 Å². The number of fused-ring (bicyclic) bond motifs is 1. The number of anilines is 1. The maximum absolute atomic E-state index is 12.4. The molecule has 1 N–H and O–H groups in total. The normalized spacial score (nSPS) is 10.8. The Hall–Kier alpha value is -3.85. The standard InChI is InChI=1S/C22H18N4O4S/c1-13-3-6-15(7-4-13)16-11-31-22-20(16)21(23-12-24-22)30-10-19(27)25-17-8-5-14(2)9-18(17)26(28)29/h3-9,11-12H,10H2,1-2H3,(H,25,27). The number of benzene rings is 2. The second-order valence-corrected chi connectivity index (χ2v) is 7.85. The molecule has 0 atom stereocenters. The number of hydrogen-bond acceptors (Lipinski definition) is 7. The lowest BCUT2D eigenvalue weighted by molar-refractivity contribution is -0.384. The lowest BCUT2D eigenvalue weighted by Gasteiger charge is -2.09. The van der Waals surface area contributed by atoms with Gasteiger partial charge in [-0.25, -0.2) is 9.97 Å². The van der Waals surface area contributed by atoms with Crippen molar-refractivity contribution in [1.29, 1.82) is 0 Å². The van der Waals surface area contributed by atoms with Gasteiger partial charge in [0, 0.05) is 17.0 Å². The van der Waals surface area contributed by atoms with E-state index in [0.717, 1.165) is 32.5 Å². The number of aryl methyl sites for hydroxylation is 2. The highest BCUT2D eigenvalue weighted by atomic mass is 32.1. The van der Waals surface area contributed by atoms with E-state index in [1.54, 1.807) is 13.0 Å². The first-order valence-electron chi connectivity index (χ1n) is 9.39. The van der Waals surface area contributed by atoms with Crippen LogP contribution in [0.2, 0.25) is 0 Å². The van der Waals surface area contributed by atoms with Crippen molar-refractivity contribution in [1.82, 2.24) is 9.97 Å². The number of rotatable bonds is 6. The quantitative estimate of drug-likeness (QED) is 0.342. The first-order chi connectivity index (χ1) is 14.9. The summed E-state index contributed by atoms with van der Waals surface area (Å²) < 4.78 is 5.70. The van der Waals surface area contributed by atoms with E-state index in [0.29, 0.717) is 0 Å². The fourth-order valence-electron chi connectivity index (χ4n) is 3.12. The van der Waals surface area contributed by atoms with E-state index in [1.807, 2.05) is 36.6 Å². The van der Waals surface area contributed by atoms with Gasteiger partial charge in [0.1, 0.15) is 16.8 Å². The summed E-state index contributed by atoms with van der Waals surface area (Å²) in [7, 11) is 0. The Labute approximate surface area is 181 Å². The molecule has 2 heterocycles. The zero-order chi connectivity index (χ0) is 22.0. The van der Waals surface area contributed by atoms with Crippen LogP contribution in [0.3, 0.4) is 0 Å². The van der Waals surface area contributed by atoms with E-state index < -0.39 is 10.8 Å². The number of ether oxygens (including phenoxy) is 1. The van der Waals surface area contributed by atoms with Gasteiger partial charge in [0.2, 0.25) is 5.88 Å². The average molecular weight is 434 g/mol. The topological polar surface area (TPSA) is 107 Å². The minimum absolute atomic E-state index is 0.118. The van der Waals surface area contributed by atoms with E-state index in [-0.39, 0.29) is 23.9 Å². The Bertz CT molecular complexity index is 1280. The summed E-state index contributed by atoms with van der Waals surface area (Å²) in [4.78, 5) is 32.4. The molecule has 0 aliphatic heterocycles. The van der Waals surface area contributed by atoms with Gasteiger partial charge in [0.15, 0.2) is 6.61 Å². The zero-order valence-electron chi connectivity index (χ0n) is 16.8. The van der Waals surface area contributed by atoms with Crippen molar-refractivity contribution >= 4 is 38.8 Å². The zero-order valence-corrected chi connectivity index (χ0v) is 17.6. The maximum Gasteiger partial charge on any atom is 0.293 e. The van der Waals surface area contributed by atoms with Crippen LogP contribution in [0, 0.1) is 24.0 Å². The molecule has 2 aromatic heterocycles. The van der Waals surface area contributed by atoms with Crippen molar-refractivity contribution in [3.8, 4) is 17.0 Å². The van der Waals surface area contributed by atoms with Crippen molar-refractivity contribution in [2.75, 3.05) is 11.9 Å². The van der Waals surface area contributed by atoms with E-state index in [9.17, 15) is 14.9 Å². The minimum atomic E-state index is -0.531. The monoisotopic (exact) mass is 434 g/mol. The molecule has 0 aliphatic rings. The number of carbonyl (C=O) groups is 1. The number of hydrogen-bond donors (Lipinski definition) is 1. The molecule has 156 valence electrons. The largest absolute Gasteiger partial charge is 0.467 e. The molecule has 0 fully saturated rings. The summed E-state index contributed by atoms with van der Waals surface area (Å²) in [5.41, 5.74) is 3.75. The number of nitrogens with zero attached hydrogens (tertiary/aromatic N) is 3. The SMILES string of the molecule is Cc1ccc(-c2csc3ncnc(OCC(=O)Nc4ccc(C)cc4[N+](=O)[O-])c23)cc1. The first kappa shape index (κ1) is 20.4. The second kappa shape index (κ2) is 8.49. The van der Waals surface area contributed by atoms with Crippen molar-refractivity contribution in [3.05, 3.63) is 75.4 Å². The number of aromatic nitrogens is 2. The molecule has 2 aromatic carbocycles. The molecular weight excluding hydrogens is 416 g/mol. The molecule has 9 heteroatoms. The van der Waals surface area contributed by atoms with Crippen molar-refractivity contribution < 1.29 is 14.5 Å². The predicted molar refractivity (Wildman–Crippen MR) is 120 cm³/mol. The molecule has 0 spiro atoms. The number of nitrogens with one attached hydrogen (secondary N) is 1. The van der Waals surface area contributed by atoms with Crippen LogP contribution in [0.4, 0.5) is 11.4 Å². The summed E-state index contributed by atoms with van der Waals surface area (Å²) in [6.45, 7) is 3.42. The summed E-state index contributed by atoms with van der Waals surface area (Å²) >= 11 is 1.46. The van der Waals surface area contributed by atoms with Crippen LogP contribution in [0.15, 0.2) is 54.2 Å². The maximum atomic E-state index is 12.4. The summed E-state index contributed by atoms with van der Waals surface area (Å²) in [5, 5.41) is 16.5. The summed E-state index contributed by atoms with van der Waals surface area (Å²) in [6, 6.07) is 12.7. The van der Waals surface area contributed by atoms with Crippen molar-refractivity contribution in [2.45, 2.75) is 13.8 Å². The summed E-state index contributed by atoms with van der Waals surface area (Å²) in [5.74, 6) is -0.235. The highest BCUT2D eigenvalue weighted by Gasteiger charge is 2.18. The van der Waals surface area contributed by atoms with E-state index in [4.69, 9.17) is 4.74 Å². The Balaban J connectivity index is 1.56. The van der Waals surface area contributed by atoms with Crippen molar-refractivity contribution in [2.24, 2.45) is 0 Å². The number of nitro groups is 1. The average Bonchev–Trinajstić information content (AvgIpc) is 3.19. The molecule has 0 radical (unpaired) electrons. The van der Waals surface area contributed by atoms with Crippen LogP contribution in [-0.4, -0.2) is 27.4 Å². The van der Waals surface area contributed by atoms with Crippen LogP contribution in [0.1, 0.15) is 11.1 Å². The molecule has 4 rings (SSSR count). The van der Waals surface area contributed by atoms with Gasteiger partial charge in [0.05, 0.1) is 10.3 Å². The fraction of sp³-hybridized carbons (Fsp3) is 0.136. The number of thiophene rings is 1.